The first-order valence-corrected chi connectivity index (χ1v) is 5.79. The van der Waals surface area contributed by atoms with E-state index in [2.05, 4.69) is 4.98 Å². The number of alkyl halides is 1. The monoisotopic (exact) mass is 256 g/mol. The number of nitrogens with zero attached hydrogens (tertiary/aromatic N) is 2. The van der Waals surface area contributed by atoms with Gasteiger partial charge in [0, 0.05) is 32.6 Å². The fraction of sp³-hybridized carbons (Fsp3) is 0.500. The minimum atomic E-state index is -0.202. The number of ether oxygens (including phenoxy) is 1. The molecule has 0 spiro atoms. The molecule has 17 heavy (non-hydrogen) atoms. The molecule has 0 radical (unpaired) electrons. The van der Waals surface area contributed by atoms with Gasteiger partial charge >= 0.3 is 0 Å². The molecule has 0 aliphatic rings. The fourth-order valence-electron chi connectivity index (χ4n) is 1.43. The molecule has 1 aromatic heterocycles. The summed E-state index contributed by atoms with van der Waals surface area (Å²) < 4.78 is 4.92. The van der Waals surface area contributed by atoms with Crippen molar-refractivity contribution in [1.29, 1.82) is 0 Å². The van der Waals surface area contributed by atoms with Crippen LogP contribution in [0.5, 0.6) is 0 Å². The Labute approximate surface area is 107 Å². The van der Waals surface area contributed by atoms with Crippen LogP contribution in [0, 0.1) is 6.92 Å². The molecule has 1 rings (SSSR count). The van der Waals surface area contributed by atoms with Gasteiger partial charge in [-0.15, -0.1) is 11.6 Å². The Morgan fingerprint density at radius 2 is 2.29 bits per heavy atom. The summed E-state index contributed by atoms with van der Waals surface area (Å²) in [5, 5.41) is -0.202. The third kappa shape index (κ3) is 4.32. The standard InChI is InChI=1S/C12H17ClN2O2/c1-9-4-5-10(6-14-9)12(16)15(2)7-11(13)8-17-3/h4-6,11H,7-8H2,1-3H3. The normalized spacial score (nSPS) is 12.2. The number of amides is 1. The van der Waals surface area contributed by atoms with E-state index in [4.69, 9.17) is 16.3 Å². The van der Waals surface area contributed by atoms with Gasteiger partial charge in [0.05, 0.1) is 17.5 Å². The van der Waals surface area contributed by atoms with Crippen LogP contribution < -0.4 is 0 Å². The Kier molecular flexibility index (Phi) is 5.38. The van der Waals surface area contributed by atoms with E-state index in [1.165, 1.54) is 0 Å². The van der Waals surface area contributed by atoms with Crippen LogP contribution in [0.25, 0.3) is 0 Å². The summed E-state index contributed by atoms with van der Waals surface area (Å²) in [5.74, 6) is -0.0840. The molecule has 1 heterocycles. The van der Waals surface area contributed by atoms with E-state index in [1.807, 2.05) is 13.0 Å². The van der Waals surface area contributed by atoms with E-state index >= 15 is 0 Å². The highest BCUT2D eigenvalue weighted by Gasteiger charge is 2.15. The number of halogens is 1. The van der Waals surface area contributed by atoms with E-state index < -0.39 is 0 Å². The predicted molar refractivity (Wildman–Crippen MR) is 67.5 cm³/mol. The average molecular weight is 257 g/mol. The number of hydrogen-bond acceptors (Lipinski definition) is 3. The summed E-state index contributed by atoms with van der Waals surface area (Å²) in [4.78, 5) is 17.6. The van der Waals surface area contributed by atoms with Gasteiger partial charge in [0.2, 0.25) is 0 Å². The van der Waals surface area contributed by atoms with Gasteiger partial charge in [-0.1, -0.05) is 0 Å². The molecule has 5 heteroatoms. The minimum Gasteiger partial charge on any atom is -0.383 e. The molecule has 0 aliphatic heterocycles. The molecular formula is C12H17ClN2O2. The minimum absolute atomic E-state index is 0.0840. The zero-order valence-electron chi connectivity index (χ0n) is 10.3. The number of carbonyl (C=O) groups excluding carboxylic acids is 1. The number of rotatable bonds is 5. The molecular weight excluding hydrogens is 240 g/mol. The molecule has 0 aliphatic carbocycles. The maximum atomic E-state index is 12.0. The second-order valence-electron chi connectivity index (χ2n) is 3.93. The van der Waals surface area contributed by atoms with E-state index in [0.29, 0.717) is 18.7 Å². The number of hydrogen-bond donors (Lipinski definition) is 0. The number of pyridine rings is 1. The summed E-state index contributed by atoms with van der Waals surface area (Å²) in [7, 11) is 3.30. The molecule has 1 amide bonds. The molecule has 4 nitrogen and oxygen atoms in total. The number of aryl methyl sites for hydroxylation is 1. The Morgan fingerprint density at radius 3 is 2.82 bits per heavy atom. The lowest BCUT2D eigenvalue weighted by atomic mass is 10.2. The van der Waals surface area contributed by atoms with Crippen LogP contribution >= 0.6 is 11.6 Å². The highest BCUT2D eigenvalue weighted by molar-refractivity contribution is 6.21. The number of carbonyl (C=O) groups is 1. The van der Waals surface area contributed by atoms with Crippen molar-refractivity contribution in [2.75, 3.05) is 27.3 Å². The van der Waals surface area contributed by atoms with Gasteiger partial charge in [-0.2, -0.15) is 0 Å². The summed E-state index contributed by atoms with van der Waals surface area (Å²) in [6.07, 6.45) is 1.58. The second kappa shape index (κ2) is 6.57. The van der Waals surface area contributed by atoms with Crippen molar-refractivity contribution >= 4 is 17.5 Å². The Hall–Kier alpha value is -1.13. The molecule has 0 aromatic carbocycles. The summed E-state index contributed by atoms with van der Waals surface area (Å²) in [5.41, 5.74) is 1.46. The molecule has 1 aromatic rings. The van der Waals surface area contributed by atoms with E-state index in [9.17, 15) is 4.79 Å². The Morgan fingerprint density at radius 1 is 1.59 bits per heavy atom. The maximum absolute atomic E-state index is 12.0. The Bertz CT molecular complexity index is 367. The highest BCUT2D eigenvalue weighted by atomic mass is 35.5. The topological polar surface area (TPSA) is 42.4 Å². The first-order valence-electron chi connectivity index (χ1n) is 5.35. The van der Waals surface area contributed by atoms with Crippen LogP contribution in [0.1, 0.15) is 16.1 Å². The van der Waals surface area contributed by atoms with E-state index in [-0.39, 0.29) is 11.3 Å². The Balaban J connectivity index is 2.60. The van der Waals surface area contributed by atoms with Crippen LogP contribution in [0.3, 0.4) is 0 Å². The summed E-state index contributed by atoms with van der Waals surface area (Å²) in [6.45, 7) is 2.75. The molecule has 0 fully saturated rings. The van der Waals surface area contributed by atoms with Crippen molar-refractivity contribution in [2.24, 2.45) is 0 Å². The zero-order chi connectivity index (χ0) is 12.8. The maximum Gasteiger partial charge on any atom is 0.255 e. The number of aromatic nitrogens is 1. The van der Waals surface area contributed by atoms with Gasteiger partial charge < -0.3 is 9.64 Å². The van der Waals surface area contributed by atoms with Crippen molar-refractivity contribution in [1.82, 2.24) is 9.88 Å². The summed E-state index contributed by atoms with van der Waals surface area (Å²) >= 11 is 6.00. The van der Waals surface area contributed by atoms with Gasteiger partial charge in [-0.05, 0) is 19.1 Å². The molecule has 1 unspecified atom stereocenters. The lowest BCUT2D eigenvalue weighted by Gasteiger charge is -2.19. The van der Waals surface area contributed by atoms with Gasteiger partial charge in [0.25, 0.3) is 5.91 Å². The van der Waals surface area contributed by atoms with Crippen LogP contribution in [-0.2, 0) is 4.74 Å². The van der Waals surface area contributed by atoms with Crippen LogP contribution in [0.15, 0.2) is 18.3 Å². The predicted octanol–water partition coefficient (Wildman–Crippen LogP) is 1.72. The molecule has 0 saturated heterocycles. The second-order valence-corrected chi connectivity index (χ2v) is 4.54. The van der Waals surface area contributed by atoms with Crippen LogP contribution in [-0.4, -0.2) is 48.5 Å². The molecule has 0 bridgehead atoms. The zero-order valence-corrected chi connectivity index (χ0v) is 11.1. The van der Waals surface area contributed by atoms with Crippen molar-refractivity contribution in [3.8, 4) is 0 Å². The third-order valence-corrected chi connectivity index (χ3v) is 2.59. The average Bonchev–Trinajstić information content (AvgIpc) is 2.29. The van der Waals surface area contributed by atoms with Gasteiger partial charge in [0.1, 0.15) is 0 Å². The molecule has 0 saturated carbocycles. The van der Waals surface area contributed by atoms with Crippen molar-refractivity contribution in [2.45, 2.75) is 12.3 Å². The first-order chi connectivity index (χ1) is 8.04. The molecule has 0 N–H and O–H groups in total. The SMILES string of the molecule is COCC(Cl)CN(C)C(=O)c1ccc(C)nc1. The first kappa shape index (κ1) is 13.9. The third-order valence-electron chi connectivity index (χ3n) is 2.32. The van der Waals surface area contributed by atoms with Crippen molar-refractivity contribution in [3.05, 3.63) is 29.6 Å². The molecule has 1 atom stereocenters. The largest absolute Gasteiger partial charge is 0.383 e. The van der Waals surface area contributed by atoms with Crippen LogP contribution in [0.2, 0.25) is 0 Å². The quantitative estimate of drug-likeness (QED) is 0.754. The van der Waals surface area contributed by atoms with Crippen molar-refractivity contribution in [3.63, 3.8) is 0 Å². The highest BCUT2D eigenvalue weighted by Crippen LogP contribution is 2.06. The van der Waals surface area contributed by atoms with Gasteiger partial charge in [0.15, 0.2) is 0 Å². The smallest absolute Gasteiger partial charge is 0.255 e. The summed E-state index contributed by atoms with van der Waals surface area (Å²) in [6, 6.07) is 3.58. The van der Waals surface area contributed by atoms with E-state index in [0.717, 1.165) is 5.69 Å². The lowest BCUT2D eigenvalue weighted by Crippen LogP contribution is -2.34. The van der Waals surface area contributed by atoms with Crippen LogP contribution in [0.4, 0.5) is 0 Å². The van der Waals surface area contributed by atoms with Gasteiger partial charge in [-0.25, -0.2) is 0 Å². The number of methoxy groups -OCH3 is 1. The fourth-order valence-corrected chi connectivity index (χ4v) is 1.76. The lowest BCUT2D eigenvalue weighted by molar-refractivity contribution is 0.0781. The molecule has 94 valence electrons. The van der Waals surface area contributed by atoms with Gasteiger partial charge in [-0.3, -0.25) is 9.78 Å². The van der Waals surface area contributed by atoms with E-state index in [1.54, 1.807) is 31.3 Å². The van der Waals surface area contributed by atoms with Crippen molar-refractivity contribution < 1.29 is 9.53 Å².